The Morgan fingerprint density at radius 2 is 2.06 bits per heavy atom. The van der Waals surface area contributed by atoms with Gasteiger partial charge in [-0.3, -0.25) is 0 Å². The molecule has 0 amide bonds. The molecule has 0 bridgehead atoms. The number of hydrogen-bond donors (Lipinski definition) is 0. The summed E-state index contributed by atoms with van der Waals surface area (Å²) in [5, 5.41) is 0.216. The lowest BCUT2D eigenvalue weighted by Crippen LogP contribution is -2.31. The molecule has 0 N–H and O–H groups in total. The topological polar surface area (TPSA) is 37.4 Å². The molecule has 1 aromatic rings. The Morgan fingerprint density at radius 3 is 2.53 bits per heavy atom. The SMILES string of the molecule is CC(Br)CN(C)S(=O)(=O)c1ccc(Br)cc1Cl. The molecule has 0 radical (unpaired) electrons. The van der Waals surface area contributed by atoms with Crippen LogP contribution in [0.3, 0.4) is 0 Å². The van der Waals surface area contributed by atoms with Crippen LogP contribution in [0, 0.1) is 0 Å². The molecule has 0 aliphatic heterocycles. The van der Waals surface area contributed by atoms with Crippen LogP contribution in [-0.4, -0.2) is 31.1 Å². The summed E-state index contributed by atoms with van der Waals surface area (Å²) in [4.78, 5) is 0.203. The molecule has 0 spiro atoms. The Labute approximate surface area is 123 Å². The maximum Gasteiger partial charge on any atom is 0.244 e. The summed E-state index contributed by atoms with van der Waals surface area (Å²) in [5.41, 5.74) is 0. The van der Waals surface area contributed by atoms with E-state index >= 15 is 0 Å². The fraction of sp³-hybridized carbons (Fsp3) is 0.400. The van der Waals surface area contributed by atoms with Crippen molar-refractivity contribution in [1.82, 2.24) is 4.31 Å². The fourth-order valence-electron chi connectivity index (χ4n) is 1.30. The molecular formula is C10H12Br2ClNO2S. The molecule has 1 unspecified atom stereocenters. The van der Waals surface area contributed by atoms with Crippen molar-refractivity contribution >= 4 is 53.5 Å². The molecule has 3 nitrogen and oxygen atoms in total. The van der Waals surface area contributed by atoms with Gasteiger partial charge in [0.2, 0.25) is 10.0 Å². The molecule has 1 atom stereocenters. The van der Waals surface area contributed by atoms with E-state index in [4.69, 9.17) is 11.6 Å². The lowest BCUT2D eigenvalue weighted by Gasteiger charge is -2.19. The van der Waals surface area contributed by atoms with Gasteiger partial charge in [0.25, 0.3) is 0 Å². The molecule has 7 heteroatoms. The molecule has 0 heterocycles. The normalized spacial score (nSPS) is 14.0. The van der Waals surface area contributed by atoms with Gasteiger partial charge in [-0.15, -0.1) is 0 Å². The van der Waals surface area contributed by atoms with Gasteiger partial charge in [-0.25, -0.2) is 8.42 Å². The van der Waals surface area contributed by atoms with E-state index in [0.717, 1.165) is 4.47 Å². The smallest absolute Gasteiger partial charge is 0.207 e. The number of rotatable bonds is 4. The third-order valence-corrected chi connectivity index (χ3v) is 5.18. The van der Waals surface area contributed by atoms with Crippen LogP contribution in [0.4, 0.5) is 0 Å². The highest BCUT2D eigenvalue weighted by Crippen LogP contribution is 2.27. The standard InChI is InChI=1S/C10H12Br2ClNO2S/c1-7(11)6-14(2)17(15,16)10-4-3-8(12)5-9(10)13/h3-5,7H,6H2,1-2H3. The first-order valence-corrected chi connectivity index (χ1v) is 8.33. The van der Waals surface area contributed by atoms with Gasteiger partial charge in [-0.2, -0.15) is 4.31 Å². The second kappa shape index (κ2) is 6.02. The van der Waals surface area contributed by atoms with Crippen molar-refractivity contribution in [3.63, 3.8) is 0 Å². The molecule has 1 aromatic carbocycles. The molecule has 0 aromatic heterocycles. The van der Waals surface area contributed by atoms with E-state index in [0.29, 0.717) is 6.54 Å². The summed E-state index contributed by atoms with van der Waals surface area (Å²) >= 11 is 12.5. The van der Waals surface area contributed by atoms with E-state index < -0.39 is 10.0 Å². The number of benzene rings is 1. The quantitative estimate of drug-likeness (QED) is 0.719. The van der Waals surface area contributed by atoms with E-state index in [1.54, 1.807) is 12.1 Å². The van der Waals surface area contributed by atoms with E-state index in [2.05, 4.69) is 31.9 Å². The molecule has 0 saturated carbocycles. The number of alkyl halides is 1. The minimum absolute atomic E-state index is 0.0801. The van der Waals surface area contributed by atoms with Gasteiger partial charge in [0, 0.05) is 22.9 Å². The van der Waals surface area contributed by atoms with Crippen molar-refractivity contribution in [3.05, 3.63) is 27.7 Å². The van der Waals surface area contributed by atoms with Gasteiger partial charge < -0.3 is 0 Å². The minimum atomic E-state index is -3.53. The lowest BCUT2D eigenvalue weighted by atomic mass is 10.4. The molecule has 0 aliphatic rings. The minimum Gasteiger partial charge on any atom is -0.207 e. The highest BCUT2D eigenvalue weighted by Gasteiger charge is 2.24. The van der Waals surface area contributed by atoms with E-state index in [1.165, 1.54) is 17.4 Å². The Balaban J connectivity index is 3.13. The van der Waals surface area contributed by atoms with Crippen LogP contribution in [-0.2, 0) is 10.0 Å². The average molecular weight is 406 g/mol. The number of hydrogen-bond acceptors (Lipinski definition) is 2. The van der Waals surface area contributed by atoms with Crippen LogP contribution < -0.4 is 0 Å². The summed E-state index contributed by atoms with van der Waals surface area (Å²) in [5.74, 6) is 0. The lowest BCUT2D eigenvalue weighted by molar-refractivity contribution is 0.473. The summed E-state index contributed by atoms with van der Waals surface area (Å²) in [7, 11) is -2.00. The fourth-order valence-corrected chi connectivity index (χ4v) is 4.20. The molecule has 0 aliphatic carbocycles. The van der Waals surface area contributed by atoms with E-state index in [-0.39, 0.29) is 14.7 Å². The Morgan fingerprint density at radius 1 is 1.47 bits per heavy atom. The molecule has 0 saturated heterocycles. The van der Waals surface area contributed by atoms with Crippen molar-refractivity contribution < 1.29 is 8.42 Å². The van der Waals surface area contributed by atoms with E-state index in [9.17, 15) is 8.42 Å². The zero-order valence-electron chi connectivity index (χ0n) is 9.32. The second-order valence-corrected chi connectivity index (χ2v) is 8.54. The zero-order chi connectivity index (χ0) is 13.2. The van der Waals surface area contributed by atoms with Crippen LogP contribution >= 0.6 is 43.5 Å². The van der Waals surface area contributed by atoms with Crippen molar-refractivity contribution in [1.29, 1.82) is 0 Å². The number of sulfonamides is 1. The second-order valence-electron chi connectivity index (χ2n) is 3.64. The van der Waals surface area contributed by atoms with E-state index in [1.807, 2.05) is 6.92 Å². The highest BCUT2D eigenvalue weighted by molar-refractivity contribution is 9.10. The third kappa shape index (κ3) is 3.92. The van der Waals surface area contributed by atoms with Crippen molar-refractivity contribution in [2.45, 2.75) is 16.6 Å². The van der Waals surface area contributed by atoms with Crippen LogP contribution in [0.15, 0.2) is 27.6 Å². The largest absolute Gasteiger partial charge is 0.244 e. The zero-order valence-corrected chi connectivity index (χ0v) is 14.1. The first kappa shape index (κ1) is 15.4. The summed E-state index contributed by atoms with van der Waals surface area (Å²) in [6.07, 6.45) is 0. The van der Waals surface area contributed by atoms with Crippen LogP contribution in [0.25, 0.3) is 0 Å². The van der Waals surface area contributed by atoms with Crippen molar-refractivity contribution in [2.24, 2.45) is 0 Å². The van der Waals surface area contributed by atoms with Crippen LogP contribution in [0.5, 0.6) is 0 Å². The Hall–Kier alpha value is 0.380. The maximum atomic E-state index is 12.2. The monoisotopic (exact) mass is 403 g/mol. The summed E-state index contributed by atoms with van der Waals surface area (Å²) < 4.78 is 26.4. The van der Waals surface area contributed by atoms with Gasteiger partial charge in [-0.1, -0.05) is 50.4 Å². The van der Waals surface area contributed by atoms with Gasteiger partial charge in [0.15, 0.2) is 0 Å². The first-order valence-electron chi connectivity index (χ1n) is 4.80. The Kier molecular flexibility index (Phi) is 5.46. The van der Waals surface area contributed by atoms with Crippen molar-refractivity contribution in [2.75, 3.05) is 13.6 Å². The first-order chi connectivity index (χ1) is 7.75. The van der Waals surface area contributed by atoms with Gasteiger partial charge >= 0.3 is 0 Å². The van der Waals surface area contributed by atoms with Gasteiger partial charge in [0.1, 0.15) is 4.90 Å². The van der Waals surface area contributed by atoms with Crippen LogP contribution in [0.1, 0.15) is 6.92 Å². The number of nitrogens with zero attached hydrogens (tertiary/aromatic N) is 1. The average Bonchev–Trinajstić information content (AvgIpc) is 2.15. The maximum absolute atomic E-state index is 12.2. The molecule has 17 heavy (non-hydrogen) atoms. The third-order valence-electron chi connectivity index (χ3n) is 2.09. The van der Waals surface area contributed by atoms with Crippen LogP contribution in [0.2, 0.25) is 5.02 Å². The molecule has 96 valence electrons. The predicted octanol–water partition coefficient (Wildman–Crippen LogP) is 3.51. The molecule has 0 fully saturated rings. The highest BCUT2D eigenvalue weighted by atomic mass is 79.9. The molecular weight excluding hydrogens is 393 g/mol. The number of halogens is 3. The van der Waals surface area contributed by atoms with Gasteiger partial charge in [0.05, 0.1) is 5.02 Å². The summed E-state index contributed by atoms with van der Waals surface area (Å²) in [6, 6.07) is 4.72. The van der Waals surface area contributed by atoms with Gasteiger partial charge in [-0.05, 0) is 18.2 Å². The predicted molar refractivity (Wildman–Crippen MR) is 77.4 cm³/mol. The van der Waals surface area contributed by atoms with Crippen molar-refractivity contribution in [3.8, 4) is 0 Å². The molecule has 1 rings (SSSR count). The summed E-state index contributed by atoms with van der Waals surface area (Å²) in [6.45, 7) is 2.27. The Bertz CT molecular complexity index is 505.